The lowest BCUT2D eigenvalue weighted by molar-refractivity contribution is 0.101. The van der Waals surface area contributed by atoms with Gasteiger partial charge in [0.2, 0.25) is 0 Å². The average molecular weight is 149 g/mol. The summed E-state index contributed by atoms with van der Waals surface area (Å²) in [5, 5.41) is 0. The standard InChI is InChI=1S/C8H7NO2/c1-6(11)7-2-3-8(5-10)9-4-7/h2-5H,1H3. The summed E-state index contributed by atoms with van der Waals surface area (Å²) in [6.07, 6.45) is 2.04. The fraction of sp³-hybridized carbons (Fsp3) is 0.125. The second-order valence-electron chi connectivity index (χ2n) is 2.15. The van der Waals surface area contributed by atoms with Crippen LogP contribution < -0.4 is 0 Å². The molecule has 1 aromatic heterocycles. The van der Waals surface area contributed by atoms with E-state index in [0.29, 0.717) is 17.5 Å². The third kappa shape index (κ3) is 1.70. The fourth-order valence-corrected chi connectivity index (χ4v) is 0.683. The molecule has 0 aromatic carbocycles. The van der Waals surface area contributed by atoms with E-state index in [0.717, 1.165) is 0 Å². The molecule has 1 rings (SSSR count). The molecule has 1 heterocycles. The Bertz CT molecular complexity index is 277. The number of Topliss-reactive ketones (excluding diaryl/α,β-unsaturated/α-hetero) is 1. The van der Waals surface area contributed by atoms with Gasteiger partial charge in [0.25, 0.3) is 0 Å². The van der Waals surface area contributed by atoms with Crippen LogP contribution in [0.15, 0.2) is 18.3 Å². The number of nitrogens with zero attached hydrogens (tertiary/aromatic N) is 1. The third-order valence-corrected chi connectivity index (χ3v) is 1.31. The summed E-state index contributed by atoms with van der Waals surface area (Å²) in [6, 6.07) is 3.10. The minimum Gasteiger partial charge on any atom is -0.296 e. The molecule has 11 heavy (non-hydrogen) atoms. The van der Waals surface area contributed by atoms with Gasteiger partial charge in [0.15, 0.2) is 12.1 Å². The van der Waals surface area contributed by atoms with Gasteiger partial charge in [0.1, 0.15) is 5.69 Å². The quantitative estimate of drug-likeness (QED) is 0.467. The minimum absolute atomic E-state index is 0.0463. The molecule has 3 nitrogen and oxygen atoms in total. The van der Waals surface area contributed by atoms with Gasteiger partial charge in [0, 0.05) is 11.8 Å². The lowest BCUT2D eigenvalue weighted by Gasteiger charge is -1.92. The number of hydrogen-bond acceptors (Lipinski definition) is 3. The van der Waals surface area contributed by atoms with E-state index in [1.807, 2.05) is 0 Å². The Balaban J connectivity index is 3.00. The molecule has 0 N–H and O–H groups in total. The predicted octanol–water partition coefficient (Wildman–Crippen LogP) is 1.10. The van der Waals surface area contributed by atoms with Gasteiger partial charge in [-0.1, -0.05) is 0 Å². The third-order valence-electron chi connectivity index (χ3n) is 1.31. The van der Waals surface area contributed by atoms with Gasteiger partial charge in [-0.15, -0.1) is 0 Å². The highest BCUT2D eigenvalue weighted by atomic mass is 16.1. The van der Waals surface area contributed by atoms with Gasteiger partial charge >= 0.3 is 0 Å². The first-order chi connectivity index (χ1) is 5.24. The molecule has 0 saturated heterocycles. The first kappa shape index (κ1) is 7.60. The van der Waals surface area contributed by atoms with Crippen molar-refractivity contribution in [1.82, 2.24) is 4.98 Å². The molecular formula is C8H7NO2. The summed E-state index contributed by atoms with van der Waals surface area (Å²) in [4.78, 5) is 24.6. The first-order valence-corrected chi connectivity index (χ1v) is 3.16. The zero-order valence-corrected chi connectivity index (χ0v) is 6.07. The summed E-state index contributed by atoms with van der Waals surface area (Å²) >= 11 is 0. The summed E-state index contributed by atoms with van der Waals surface area (Å²) in [5.74, 6) is -0.0463. The molecular weight excluding hydrogens is 142 g/mol. The second-order valence-corrected chi connectivity index (χ2v) is 2.15. The minimum atomic E-state index is -0.0463. The predicted molar refractivity (Wildman–Crippen MR) is 39.6 cm³/mol. The van der Waals surface area contributed by atoms with Crippen molar-refractivity contribution in [3.8, 4) is 0 Å². The molecule has 0 aliphatic rings. The maximum absolute atomic E-state index is 10.7. The Kier molecular flexibility index (Phi) is 2.11. The smallest absolute Gasteiger partial charge is 0.168 e. The second kappa shape index (κ2) is 3.05. The van der Waals surface area contributed by atoms with Gasteiger partial charge in [-0.25, -0.2) is 0 Å². The van der Waals surface area contributed by atoms with Gasteiger partial charge in [-0.05, 0) is 19.1 Å². The van der Waals surface area contributed by atoms with Crippen molar-refractivity contribution >= 4 is 12.1 Å². The number of hydrogen-bond donors (Lipinski definition) is 0. The molecule has 3 heteroatoms. The Morgan fingerprint density at radius 2 is 2.27 bits per heavy atom. The van der Waals surface area contributed by atoms with Gasteiger partial charge in [-0.2, -0.15) is 0 Å². The van der Waals surface area contributed by atoms with Gasteiger partial charge in [-0.3, -0.25) is 14.6 Å². The van der Waals surface area contributed by atoms with Crippen LogP contribution in [0.1, 0.15) is 27.8 Å². The molecule has 0 radical (unpaired) electrons. The average Bonchev–Trinajstić information content (AvgIpc) is 2.05. The zero-order valence-electron chi connectivity index (χ0n) is 6.07. The molecule has 0 amide bonds. The van der Waals surface area contributed by atoms with Crippen LogP contribution in [0.3, 0.4) is 0 Å². The number of ketones is 1. The van der Waals surface area contributed by atoms with Crippen LogP contribution in [0, 0.1) is 0 Å². The van der Waals surface area contributed by atoms with Crippen LogP contribution in [0.5, 0.6) is 0 Å². The van der Waals surface area contributed by atoms with Crippen LogP contribution in [-0.4, -0.2) is 17.1 Å². The maximum atomic E-state index is 10.7. The molecule has 0 aliphatic heterocycles. The highest BCUT2D eigenvalue weighted by molar-refractivity contribution is 5.94. The lowest BCUT2D eigenvalue weighted by atomic mass is 10.2. The molecule has 0 spiro atoms. The summed E-state index contributed by atoms with van der Waals surface area (Å²) < 4.78 is 0. The van der Waals surface area contributed by atoms with Crippen molar-refractivity contribution in [2.45, 2.75) is 6.92 Å². The van der Waals surface area contributed by atoms with Crippen LogP contribution in [-0.2, 0) is 0 Å². The van der Waals surface area contributed by atoms with E-state index in [4.69, 9.17) is 0 Å². The molecule has 0 fully saturated rings. The number of rotatable bonds is 2. The van der Waals surface area contributed by atoms with Crippen molar-refractivity contribution in [3.63, 3.8) is 0 Å². The largest absolute Gasteiger partial charge is 0.296 e. The molecule has 0 aliphatic carbocycles. The Morgan fingerprint density at radius 1 is 1.55 bits per heavy atom. The van der Waals surface area contributed by atoms with E-state index in [2.05, 4.69) is 4.98 Å². The van der Waals surface area contributed by atoms with Crippen molar-refractivity contribution in [3.05, 3.63) is 29.6 Å². The van der Waals surface area contributed by atoms with Crippen molar-refractivity contribution in [2.75, 3.05) is 0 Å². The summed E-state index contributed by atoms with van der Waals surface area (Å²) in [7, 11) is 0. The van der Waals surface area contributed by atoms with Gasteiger partial charge in [0.05, 0.1) is 0 Å². The van der Waals surface area contributed by atoms with Gasteiger partial charge < -0.3 is 0 Å². The molecule has 56 valence electrons. The SMILES string of the molecule is CC(=O)c1ccc(C=O)nc1. The molecule has 0 saturated carbocycles. The Hall–Kier alpha value is -1.51. The number of carbonyl (C=O) groups excluding carboxylic acids is 2. The molecule has 0 atom stereocenters. The number of pyridine rings is 1. The van der Waals surface area contributed by atoms with E-state index in [9.17, 15) is 9.59 Å². The van der Waals surface area contributed by atoms with Crippen molar-refractivity contribution < 1.29 is 9.59 Å². The van der Waals surface area contributed by atoms with Crippen LogP contribution >= 0.6 is 0 Å². The zero-order chi connectivity index (χ0) is 8.27. The molecule has 0 unspecified atom stereocenters. The monoisotopic (exact) mass is 149 g/mol. The van der Waals surface area contributed by atoms with E-state index in [1.54, 1.807) is 6.07 Å². The highest BCUT2D eigenvalue weighted by Crippen LogP contribution is 1.98. The Morgan fingerprint density at radius 3 is 2.64 bits per heavy atom. The summed E-state index contributed by atoms with van der Waals surface area (Å²) in [6.45, 7) is 1.46. The van der Waals surface area contributed by atoms with E-state index >= 15 is 0 Å². The van der Waals surface area contributed by atoms with Crippen molar-refractivity contribution in [1.29, 1.82) is 0 Å². The molecule has 0 bridgehead atoms. The maximum Gasteiger partial charge on any atom is 0.168 e. The number of aldehydes is 1. The Labute approximate surface area is 64.1 Å². The highest BCUT2D eigenvalue weighted by Gasteiger charge is 1.98. The van der Waals surface area contributed by atoms with Crippen molar-refractivity contribution in [2.24, 2.45) is 0 Å². The normalized spacial score (nSPS) is 9.18. The number of aromatic nitrogens is 1. The van der Waals surface area contributed by atoms with Crippen LogP contribution in [0.25, 0.3) is 0 Å². The van der Waals surface area contributed by atoms with E-state index in [-0.39, 0.29) is 5.78 Å². The fourth-order valence-electron chi connectivity index (χ4n) is 0.683. The molecule has 1 aromatic rings. The topological polar surface area (TPSA) is 47.0 Å². The van der Waals surface area contributed by atoms with Crippen LogP contribution in [0.4, 0.5) is 0 Å². The van der Waals surface area contributed by atoms with Crippen LogP contribution in [0.2, 0.25) is 0 Å². The van der Waals surface area contributed by atoms with E-state index in [1.165, 1.54) is 19.2 Å². The number of carbonyl (C=O) groups is 2. The van der Waals surface area contributed by atoms with E-state index < -0.39 is 0 Å². The lowest BCUT2D eigenvalue weighted by Crippen LogP contribution is -1.94. The summed E-state index contributed by atoms with van der Waals surface area (Å²) in [5.41, 5.74) is 0.866. The first-order valence-electron chi connectivity index (χ1n) is 3.16.